The third-order valence-corrected chi connectivity index (χ3v) is 4.83. The van der Waals surface area contributed by atoms with Crippen LogP contribution in [0.4, 0.5) is 5.69 Å². The van der Waals surface area contributed by atoms with Crippen LogP contribution in [0.25, 0.3) is 10.1 Å². The minimum Gasteiger partial charge on any atom is -0.350 e. The van der Waals surface area contributed by atoms with E-state index in [2.05, 4.69) is 15.0 Å². The van der Waals surface area contributed by atoms with Crippen molar-refractivity contribution in [1.82, 2.24) is 9.69 Å². The lowest BCUT2D eigenvalue weighted by Crippen LogP contribution is -2.32. The Morgan fingerprint density at radius 1 is 1.08 bits per heavy atom. The molecule has 25 heavy (non-hydrogen) atoms. The second kappa shape index (κ2) is 7.44. The van der Waals surface area contributed by atoms with Crippen LogP contribution in [0.5, 0.6) is 0 Å². The number of rotatable bonds is 5. The lowest BCUT2D eigenvalue weighted by Gasteiger charge is -2.14. The Morgan fingerprint density at radius 2 is 1.80 bits per heavy atom. The first kappa shape index (κ1) is 17.1. The Kier molecular flexibility index (Phi) is 5.09. The van der Waals surface area contributed by atoms with E-state index in [0.717, 1.165) is 16.5 Å². The van der Waals surface area contributed by atoms with Crippen LogP contribution in [0.3, 0.4) is 0 Å². The highest BCUT2D eigenvalue weighted by Gasteiger charge is 2.18. The maximum absolute atomic E-state index is 12.6. The molecule has 6 heteroatoms. The summed E-state index contributed by atoms with van der Waals surface area (Å²) in [5.74, 6) is -0.519. The number of nitrogens with zero attached hydrogens (tertiary/aromatic N) is 1. The van der Waals surface area contributed by atoms with Gasteiger partial charge in [0.25, 0.3) is 11.8 Å². The quantitative estimate of drug-likeness (QED) is 0.726. The maximum atomic E-state index is 12.6. The van der Waals surface area contributed by atoms with E-state index in [9.17, 15) is 9.59 Å². The van der Waals surface area contributed by atoms with Crippen LogP contribution in [0.15, 0.2) is 48.5 Å². The molecule has 0 fully saturated rings. The summed E-state index contributed by atoms with van der Waals surface area (Å²) in [7, 11) is 0. The molecule has 128 valence electrons. The van der Waals surface area contributed by atoms with Crippen LogP contribution in [0.1, 0.15) is 41.1 Å². The number of amides is 2. The summed E-state index contributed by atoms with van der Waals surface area (Å²) in [6, 6.07) is 14.6. The molecule has 0 aliphatic rings. The highest BCUT2D eigenvalue weighted by molar-refractivity contribution is 7.13. The van der Waals surface area contributed by atoms with E-state index < -0.39 is 0 Å². The molecular weight excluding hydrogens is 334 g/mol. The van der Waals surface area contributed by atoms with Gasteiger partial charge in [-0.3, -0.25) is 9.59 Å². The zero-order valence-electron chi connectivity index (χ0n) is 14.1. The number of aromatic nitrogens is 1. The van der Waals surface area contributed by atoms with Crippen molar-refractivity contribution in [2.75, 3.05) is 5.32 Å². The Hall–Kier alpha value is -2.73. The molecule has 2 N–H and O–H groups in total. The molecule has 2 amide bonds. The summed E-state index contributed by atoms with van der Waals surface area (Å²) in [5.41, 5.74) is 1.29. The molecule has 3 rings (SSSR count). The predicted octanol–water partition coefficient (Wildman–Crippen LogP) is 4.08. The molecule has 0 aliphatic heterocycles. The smallest absolute Gasteiger partial charge is 0.276 e. The standard InChI is InChI=1S/C19H19N3O2S/c1-3-12(2)20-18(23)13-8-4-6-10-15(13)21-19(24)17-14-9-5-7-11-16(14)25-22-17/h4-12H,3H2,1-2H3,(H,20,23)(H,21,24). The number of anilines is 1. The van der Waals surface area contributed by atoms with Crippen molar-refractivity contribution in [2.24, 2.45) is 0 Å². The third-order valence-electron chi connectivity index (χ3n) is 4.00. The Balaban J connectivity index is 1.86. The molecule has 1 aromatic heterocycles. The molecule has 3 aromatic rings. The van der Waals surface area contributed by atoms with Crippen LogP contribution in [-0.4, -0.2) is 22.2 Å². The number of benzene rings is 2. The summed E-state index contributed by atoms with van der Waals surface area (Å²) in [6.45, 7) is 3.95. The van der Waals surface area contributed by atoms with Crippen LogP contribution < -0.4 is 10.6 Å². The molecule has 0 aliphatic carbocycles. The summed E-state index contributed by atoms with van der Waals surface area (Å²) in [6.07, 6.45) is 0.838. The number of hydrogen-bond acceptors (Lipinski definition) is 4. The van der Waals surface area contributed by atoms with Gasteiger partial charge in [-0.05, 0) is 43.1 Å². The van der Waals surface area contributed by atoms with Crippen molar-refractivity contribution in [3.8, 4) is 0 Å². The molecule has 1 heterocycles. The van der Waals surface area contributed by atoms with E-state index in [1.807, 2.05) is 38.1 Å². The van der Waals surface area contributed by atoms with E-state index in [1.165, 1.54) is 11.5 Å². The van der Waals surface area contributed by atoms with Gasteiger partial charge in [0.2, 0.25) is 0 Å². The predicted molar refractivity (Wildman–Crippen MR) is 101 cm³/mol. The molecule has 1 unspecified atom stereocenters. The fourth-order valence-electron chi connectivity index (χ4n) is 2.42. The van der Waals surface area contributed by atoms with Crippen LogP contribution >= 0.6 is 11.5 Å². The number of carbonyl (C=O) groups is 2. The van der Waals surface area contributed by atoms with E-state index in [-0.39, 0.29) is 17.9 Å². The molecular formula is C19H19N3O2S. The number of carbonyl (C=O) groups excluding carboxylic acids is 2. The Bertz CT molecular complexity index is 920. The van der Waals surface area contributed by atoms with Crippen molar-refractivity contribution < 1.29 is 9.59 Å². The van der Waals surface area contributed by atoms with E-state index >= 15 is 0 Å². The lowest BCUT2D eigenvalue weighted by atomic mass is 10.1. The van der Waals surface area contributed by atoms with Crippen LogP contribution in [0.2, 0.25) is 0 Å². The second-order valence-corrected chi connectivity index (χ2v) is 6.61. The average molecular weight is 353 g/mol. The fraction of sp³-hybridized carbons (Fsp3) is 0.211. The first-order chi connectivity index (χ1) is 12.1. The summed E-state index contributed by atoms with van der Waals surface area (Å²) >= 11 is 1.28. The van der Waals surface area contributed by atoms with Crippen molar-refractivity contribution in [3.63, 3.8) is 0 Å². The Labute approximate surface area is 150 Å². The number of nitrogens with one attached hydrogen (secondary N) is 2. The van der Waals surface area contributed by atoms with Gasteiger partial charge in [-0.1, -0.05) is 37.3 Å². The zero-order chi connectivity index (χ0) is 17.8. The molecule has 1 atom stereocenters. The van der Waals surface area contributed by atoms with Gasteiger partial charge in [0.05, 0.1) is 16.0 Å². The fourth-order valence-corrected chi connectivity index (χ4v) is 3.20. The molecule has 0 spiro atoms. The number of para-hydroxylation sites is 1. The first-order valence-corrected chi connectivity index (χ1v) is 8.93. The zero-order valence-corrected chi connectivity index (χ0v) is 14.9. The average Bonchev–Trinajstić information content (AvgIpc) is 3.06. The molecule has 0 bridgehead atoms. The second-order valence-electron chi connectivity index (χ2n) is 5.81. The summed E-state index contributed by atoms with van der Waals surface area (Å²) < 4.78 is 5.21. The summed E-state index contributed by atoms with van der Waals surface area (Å²) in [5, 5.41) is 6.55. The normalized spacial score (nSPS) is 11.9. The minimum atomic E-state index is -0.318. The molecule has 0 radical (unpaired) electrons. The first-order valence-electron chi connectivity index (χ1n) is 8.15. The maximum Gasteiger partial charge on any atom is 0.276 e. The van der Waals surface area contributed by atoms with E-state index in [0.29, 0.717) is 16.9 Å². The molecule has 0 saturated heterocycles. The molecule has 2 aromatic carbocycles. The van der Waals surface area contributed by atoms with Crippen molar-refractivity contribution in [3.05, 3.63) is 59.8 Å². The van der Waals surface area contributed by atoms with Gasteiger partial charge < -0.3 is 10.6 Å². The summed E-state index contributed by atoms with van der Waals surface area (Å²) in [4.78, 5) is 25.1. The topological polar surface area (TPSA) is 71.1 Å². The van der Waals surface area contributed by atoms with Crippen LogP contribution in [0, 0.1) is 0 Å². The van der Waals surface area contributed by atoms with Gasteiger partial charge in [-0.25, -0.2) is 0 Å². The largest absolute Gasteiger partial charge is 0.350 e. The number of fused-ring (bicyclic) bond motifs is 1. The van der Waals surface area contributed by atoms with Crippen molar-refractivity contribution in [1.29, 1.82) is 0 Å². The van der Waals surface area contributed by atoms with Gasteiger partial charge in [0.1, 0.15) is 5.69 Å². The van der Waals surface area contributed by atoms with Gasteiger partial charge in [-0.15, -0.1) is 0 Å². The van der Waals surface area contributed by atoms with Crippen LogP contribution in [-0.2, 0) is 0 Å². The van der Waals surface area contributed by atoms with E-state index in [1.54, 1.807) is 24.3 Å². The van der Waals surface area contributed by atoms with Gasteiger partial charge in [0.15, 0.2) is 0 Å². The monoisotopic (exact) mass is 353 g/mol. The van der Waals surface area contributed by atoms with Crippen molar-refractivity contribution >= 4 is 39.1 Å². The third kappa shape index (κ3) is 3.69. The minimum absolute atomic E-state index is 0.0683. The highest BCUT2D eigenvalue weighted by Crippen LogP contribution is 2.24. The molecule has 0 saturated carbocycles. The van der Waals surface area contributed by atoms with Crippen molar-refractivity contribution in [2.45, 2.75) is 26.3 Å². The van der Waals surface area contributed by atoms with Gasteiger partial charge in [-0.2, -0.15) is 4.37 Å². The highest BCUT2D eigenvalue weighted by atomic mass is 32.1. The SMILES string of the molecule is CCC(C)NC(=O)c1ccccc1NC(=O)c1nsc2ccccc12. The lowest BCUT2D eigenvalue weighted by molar-refractivity contribution is 0.0940. The number of hydrogen-bond donors (Lipinski definition) is 2. The van der Waals surface area contributed by atoms with E-state index in [4.69, 9.17) is 0 Å². The Morgan fingerprint density at radius 3 is 2.60 bits per heavy atom. The van der Waals surface area contributed by atoms with Gasteiger partial charge >= 0.3 is 0 Å². The molecule has 5 nitrogen and oxygen atoms in total. The van der Waals surface area contributed by atoms with Gasteiger partial charge in [0, 0.05) is 11.4 Å².